The van der Waals surface area contributed by atoms with Gasteiger partial charge in [0.05, 0.1) is 24.8 Å². The van der Waals surface area contributed by atoms with Crippen LogP contribution in [-0.2, 0) is 4.79 Å². The Kier molecular flexibility index (Phi) is 6.41. The zero-order valence-electron chi connectivity index (χ0n) is 14.6. The number of benzene rings is 1. The molecule has 0 fully saturated rings. The van der Waals surface area contributed by atoms with E-state index in [0.29, 0.717) is 11.4 Å². The van der Waals surface area contributed by atoms with Gasteiger partial charge in [-0.2, -0.15) is 0 Å². The smallest absolute Gasteiger partial charge is 0.319 e. The molecule has 0 spiro atoms. The van der Waals surface area contributed by atoms with Gasteiger partial charge in [-0.1, -0.05) is 12.1 Å². The van der Waals surface area contributed by atoms with Crippen LogP contribution in [0.1, 0.15) is 34.7 Å². The molecule has 0 aliphatic carbocycles. The molecule has 0 saturated heterocycles. The Balaban J connectivity index is 1.98. The zero-order chi connectivity index (χ0) is 18.4. The van der Waals surface area contributed by atoms with Crippen molar-refractivity contribution in [1.82, 2.24) is 5.32 Å². The summed E-state index contributed by atoms with van der Waals surface area (Å²) in [6, 6.07) is 8.73. The van der Waals surface area contributed by atoms with Gasteiger partial charge in [-0.05, 0) is 44.5 Å². The summed E-state index contributed by atoms with van der Waals surface area (Å²) < 4.78 is 5.52. The first kappa shape index (κ1) is 18.8. The molecule has 25 heavy (non-hydrogen) atoms. The molecule has 0 bridgehead atoms. The van der Waals surface area contributed by atoms with Crippen LogP contribution in [0.2, 0.25) is 0 Å². The number of amides is 3. The molecule has 134 valence electrons. The Hall–Kier alpha value is -2.54. The maximum atomic E-state index is 12.3. The van der Waals surface area contributed by atoms with Gasteiger partial charge in [-0.15, -0.1) is 11.3 Å². The number of urea groups is 1. The van der Waals surface area contributed by atoms with E-state index in [1.54, 1.807) is 35.6 Å². The Labute approximate surface area is 151 Å². The van der Waals surface area contributed by atoms with Gasteiger partial charge in [0.25, 0.3) is 0 Å². The van der Waals surface area contributed by atoms with Crippen LogP contribution in [0.3, 0.4) is 0 Å². The van der Waals surface area contributed by atoms with Gasteiger partial charge < -0.3 is 21.1 Å². The fourth-order valence-corrected chi connectivity index (χ4v) is 3.49. The number of para-hydroxylation sites is 2. The second kappa shape index (κ2) is 8.53. The molecule has 0 radical (unpaired) electrons. The summed E-state index contributed by atoms with van der Waals surface area (Å²) in [5, 5.41) is 5.72. The van der Waals surface area contributed by atoms with Gasteiger partial charge in [0.2, 0.25) is 5.91 Å². The van der Waals surface area contributed by atoms with Crippen LogP contribution in [-0.4, -0.2) is 18.5 Å². The molecule has 3 amide bonds. The Morgan fingerprint density at radius 2 is 2.00 bits per heavy atom. The maximum Gasteiger partial charge on any atom is 0.319 e. The molecule has 7 heteroatoms. The number of nitrogens with one attached hydrogen (secondary N) is 2. The molecule has 0 saturated carbocycles. The third-order valence-corrected chi connectivity index (χ3v) is 4.62. The number of aryl methyl sites for hydroxylation is 2. The third-order valence-electron chi connectivity index (χ3n) is 3.63. The quantitative estimate of drug-likeness (QED) is 0.704. The summed E-state index contributed by atoms with van der Waals surface area (Å²) in [4.78, 5) is 25.5. The van der Waals surface area contributed by atoms with Crippen molar-refractivity contribution in [3.8, 4) is 5.75 Å². The summed E-state index contributed by atoms with van der Waals surface area (Å²) in [6.45, 7) is 6.21. The lowest BCUT2D eigenvalue weighted by Gasteiger charge is -2.16. The van der Waals surface area contributed by atoms with Crippen LogP contribution in [0.25, 0.3) is 0 Å². The summed E-state index contributed by atoms with van der Waals surface area (Å²) in [7, 11) is 0. The fourth-order valence-electron chi connectivity index (χ4n) is 2.47. The number of carbonyl (C=O) groups excluding carboxylic acids is 2. The third kappa shape index (κ3) is 5.49. The van der Waals surface area contributed by atoms with Crippen molar-refractivity contribution >= 4 is 29.0 Å². The SMILES string of the molecule is Cc1cc([C@H](C)NC(=O)Nc2ccccc2OCCC(N)=O)c(C)s1. The Bertz CT molecular complexity index is 758. The van der Waals surface area contributed by atoms with Crippen molar-refractivity contribution in [2.45, 2.75) is 33.2 Å². The van der Waals surface area contributed by atoms with Gasteiger partial charge in [0, 0.05) is 9.75 Å². The molecule has 1 atom stereocenters. The Morgan fingerprint density at radius 1 is 1.28 bits per heavy atom. The maximum absolute atomic E-state index is 12.3. The van der Waals surface area contributed by atoms with E-state index in [0.717, 1.165) is 5.56 Å². The number of hydrogen-bond acceptors (Lipinski definition) is 4. The molecule has 0 aliphatic heterocycles. The first-order chi connectivity index (χ1) is 11.9. The molecule has 6 nitrogen and oxygen atoms in total. The van der Waals surface area contributed by atoms with Crippen LogP contribution in [0.15, 0.2) is 30.3 Å². The molecule has 1 heterocycles. The topological polar surface area (TPSA) is 93.4 Å². The van der Waals surface area contributed by atoms with Crippen molar-refractivity contribution in [1.29, 1.82) is 0 Å². The van der Waals surface area contributed by atoms with Crippen molar-refractivity contribution < 1.29 is 14.3 Å². The molecule has 2 rings (SSSR count). The summed E-state index contributed by atoms with van der Waals surface area (Å²) in [6.07, 6.45) is 0.119. The van der Waals surface area contributed by atoms with E-state index < -0.39 is 5.91 Å². The number of rotatable bonds is 7. The molecular formula is C18H23N3O3S. The summed E-state index contributed by atoms with van der Waals surface area (Å²) >= 11 is 1.71. The predicted octanol–water partition coefficient (Wildman–Crippen LogP) is 3.50. The summed E-state index contributed by atoms with van der Waals surface area (Å²) in [5.41, 5.74) is 6.75. The van der Waals surface area contributed by atoms with Crippen LogP contribution in [0.5, 0.6) is 5.75 Å². The van der Waals surface area contributed by atoms with E-state index in [2.05, 4.69) is 16.7 Å². The molecule has 0 unspecified atom stereocenters. The van der Waals surface area contributed by atoms with Crippen LogP contribution in [0, 0.1) is 13.8 Å². The van der Waals surface area contributed by atoms with Crippen molar-refractivity contribution in [3.63, 3.8) is 0 Å². The largest absolute Gasteiger partial charge is 0.491 e. The average molecular weight is 361 g/mol. The highest BCUT2D eigenvalue weighted by Crippen LogP contribution is 2.27. The van der Waals surface area contributed by atoms with Crippen molar-refractivity contribution in [3.05, 3.63) is 45.6 Å². The highest BCUT2D eigenvalue weighted by Gasteiger charge is 2.15. The van der Waals surface area contributed by atoms with E-state index in [1.807, 2.05) is 20.8 Å². The normalized spacial score (nSPS) is 11.6. The number of nitrogens with two attached hydrogens (primary N) is 1. The minimum atomic E-state index is -0.432. The number of carbonyl (C=O) groups is 2. The van der Waals surface area contributed by atoms with Crippen LogP contribution in [0.4, 0.5) is 10.5 Å². The van der Waals surface area contributed by atoms with Crippen molar-refractivity contribution in [2.75, 3.05) is 11.9 Å². The van der Waals surface area contributed by atoms with Gasteiger partial charge in [-0.3, -0.25) is 4.79 Å². The monoisotopic (exact) mass is 361 g/mol. The minimum Gasteiger partial charge on any atom is -0.491 e. The molecule has 0 aliphatic rings. The minimum absolute atomic E-state index is 0.104. The number of anilines is 1. The van der Waals surface area contributed by atoms with Crippen LogP contribution < -0.4 is 21.1 Å². The predicted molar refractivity (Wildman–Crippen MR) is 100 cm³/mol. The number of ether oxygens (including phenoxy) is 1. The van der Waals surface area contributed by atoms with Gasteiger partial charge in [0.15, 0.2) is 0 Å². The van der Waals surface area contributed by atoms with E-state index in [-0.39, 0.29) is 25.1 Å². The van der Waals surface area contributed by atoms with Gasteiger partial charge in [-0.25, -0.2) is 4.79 Å². The standard InChI is InChI=1S/C18H23N3O3S/c1-11-10-14(13(3)25-11)12(2)20-18(23)21-15-6-4-5-7-16(15)24-9-8-17(19)22/h4-7,10,12H,8-9H2,1-3H3,(H2,19,22)(H2,20,21,23)/t12-/m0/s1. The van der Waals surface area contributed by atoms with E-state index in [4.69, 9.17) is 10.5 Å². The lowest BCUT2D eigenvalue weighted by molar-refractivity contribution is -0.118. The first-order valence-corrected chi connectivity index (χ1v) is 8.83. The zero-order valence-corrected chi connectivity index (χ0v) is 15.4. The van der Waals surface area contributed by atoms with E-state index in [1.165, 1.54) is 9.75 Å². The number of hydrogen-bond donors (Lipinski definition) is 3. The number of primary amides is 1. The van der Waals surface area contributed by atoms with Crippen LogP contribution >= 0.6 is 11.3 Å². The summed E-state index contributed by atoms with van der Waals surface area (Å²) in [5.74, 6) is 0.0625. The first-order valence-electron chi connectivity index (χ1n) is 8.01. The molecule has 4 N–H and O–H groups in total. The molecule has 2 aromatic rings. The second-order valence-corrected chi connectivity index (χ2v) is 7.21. The van der Waals surface area contributed by atoms with Gasteiger partial charge in [0.1, 0.15) is 5.75 Å². The second-order valence-electron chi connectivity index (χ2n) is 5.75. The highest BCUT2D eigenvalue weighted by molar-refractivity contribution is 7.12. The average Bonchev–Trinajstić information content (AvgIpc) is 2.87. The van der Waals surface area contributed by atoms with Crippen molar-refractivity contribution in [2.24, 2.45) is 5.73 Å². The molecular weight excluding hydrogens is 338 g/mol. The van der Waals surface area contributed by atoms with E-state index in [9.17, 15) is 9.59 Å². The lowest BCUT2D eigenvalue weighted by Crippen LogP contribution is -2.31. The number of thiophene rings is 1. The Morgan fingerprint density at radius 3 is 2.64 bits per heavy atom. The molecule has 1 aromatic carbocycles. The lowest BCUT2D eigenvalue weighted by atomic mass is 10.1. The van der Waals surface area contributed by atoms with E-state index >= 15 is 0 Å². The molecule has 1 aromatic heterocycles. The highest BCUT2D eigenvalue weighted by atomic mass is 32.1. The van der Waals surface area contributed by atoms with Gasteiger partial charge >= 0.3 is 6.03 Å². The fraction of sp³-hybridized carbons (Fsp3) is 0.333.